The van der Waals surface area contributed by atoms with Gasteiger partial charge in [0, 0.05) is 5.56 Å². The highest BCUT2D eigenvalue weighted by Crippen LogP contribution is 2.25. The van der Waals surface area contributed by atoms with Crippen molar-refractivity contribution in [2.75, 3.05) is 0 Å². The second-order valence-electron chi connectivity index (χ2n) is 4.44. The molecule has 26 heavy (non-hydrogen) atoms. The number of hydrogen-bond donors (Lipinski definition) is 0. The Morgan fingerprint density at radius 1 is 0.692 bits per heavy atom. The molecule has 0 heterocycles. The van der Waals surface area contributed by atoms with Crippen LogP contribution in [0.15, 0.2) is 48.5 Å². The molecule has 0 bridgehead atoms. The number of halogens is 6. The van der Waals surface area contributed by atoms with Crippen LogP contribution in [0.1, 0.15) is 20.7 Å². The third-order valence-electron chi connectivity index (χ3n) is 2.52. The molecule has 0 saturated heterocycles. The fourth-order valence-electron chi connectivity index (χ4n) is 1.54. The average molecular weight is 380 g/mol. The molecule has 140 valence electrons. The molecular formula is C16H10F6O4. The van der Waals surface area contributed by atoms with Crippen LogP contribution >= 0.6 is 0 Å². The van der Waals surface area contributed by atoms with Gasteiger partial charge in [0.25, 0.3) is 0 Å². The maximum absolute atomic E-state index is 11.7. The van der Waals surface area contributed by atoms with Gasteiger partial charge in [0.2, 0.25) is 0 Å². The first-order valence-electron chi connectivity index (χ1n) is 6.65. The number of rotatable bonds is 4. The van der Waals surface area contributed by atoms with Gasteiger partial charge in [-0.05, 0) is 36.4 Å². The van der Waals surface area contributed by atoms with Crippen molar-refractivity contribution in [3.8, 4) is 11.5 Å². The Bertz CT molecular complexity index is 723. The quantitative estimate of drug-likeness (QED) is 0.565. The van der Waals surface area contributed by atoms with Gasteiger partial charge >= 0.3 is 12.7 Å². The number of alkyl halides is 6. The summed E-state index contributed by atoms with van der Waals surface area (Å²) in [6.07, 6.45) is -8.61. The predicted octanol–water partition coefficient (Wildman–Crippen LogP) is 4.80. The van der Waals surface area contributed by atoms with Crippen LogP contribution in [-0.2, 0) is 0 Å². The van der Waals surface area contributed by atoms with E-state index < -0.39 is 18.5 Å². The third-order valence-corrected chi connectivity index (χ3v) is 2.52. The molecular weight excluding hydrogens is 370 g/mol. The summed E-state index contributed by atoms with van der Waals surface area (Å²) < 4.78 is 77.2. The minimum absolute atomic E-state index is 0.125. The number of hydrogen-bond acceptors (Lipinski definition) is 4. The summed E-state index contributed by atoms with van der Waals surface area (Å²) in [5.41, 5.74) is 0.175. The van der Waals surface area contributed by atoms with E-state index in [4.69, 9.17) is 0 Å². The molecule has 0 saturated carbocycles. The van der Waals surface area contributed by atoms with E-state index >= 15 is 0 Å². The van der Waals surface area contributed by atoms with Gasteiger partial charge in [-0.1, -0.05) is 12.1 Å². The molecule has 0 radical (unpaired) electrons. The highest BCUT2D eigenvalue weighted by molar-refractivity contribution is 5.79. The van der Waals surface area contributed by atoms with E-state index in [-0.39, 0.29) is 11.3 Å². The minimum atomic E-state index is -4.76. The molecule has 2 rings (SSSR count). The van der Waals surface area contributed by atoms with Crippen LogP contribution in [0.3, 0.4) is 0 Å². The maximum atomic E-state index is 11.7. The lowest BCUT2D eigenvalue weighted by Crippen LogP contribution is -2.17. The fraction of sp³-hybridized carbons (Fsp3) is 0.125. The van der Waals surface area contributed by atoms with Crippen molar-refractivity contribution in [1.29, 1.82) is 0 Å². The lowest BCUT2D eigenvalue weighted by atomic mass is 10.2. The standard InChI is InChI=1S/2C8H5F3O2/c9-8(10,11)13-7-3-1-6(5-12)2-4-7;9-8(10,11)13-7-4-2-1-3-6(7)5-12/h2*1-5H. The lowest BCUT2D eigenvalue weighted by Gasteiger charge is -2.09. The van der Waals surface area contributed by atoms with E-state index in [1.165, 1.54) is 30.3 Å². The van der Waals surface area contributed by atoms with Crippen molar-refractivity contribution in [2.24, 2.45) is 0 Å². The number of para-hydroxylation sites is 1. The number of benzene rings is 2. The van der Waals surface area contributed by atoms with Gasteiger partial charge in [-0.3, -0.25) is 9.59 Å². The number of ether oxygens (including phenoxy) is 2. The van der Waals surface area contributed by atoms with Gasteiger partial charge in [-0.15, -0.1) is 26.3 Å². The molecule has 0 aliphatic rings. The molecule has 0 N–H and O–H groups in total. The van der Waals surface area contributed by atoms with Crippen LogP contribution in [0.4, 0.5) is 26.3 Å². The number of aldehydes is 2. The number of carbonyl (C=O) groups excluding carboxylic acids is 2. The van der Waals surface area contributed by atoms with Crippen molar-refractivity contribution in [2.45, 2.75) is 12.7 Å². The van der Waals surface area contributed by atoms with Crippen molar-refractivity contribution in [3.05, 3.63) is 59.7 Å². The highest BCUT2D eigenvalue weighted by Gasteiger charge is 2.32. The van der Waals surface area contributed by atoms with Crippen LogP contribution in [0, 0.1) is 0 Å². The molecule has 0 aromatic heterocycles. The van der Waals surface area contributed by atoms with Gasteiger partial charge in [-0.2, -0.15) is 0 Å². The monoisotopic (exact) mass is 380 g/mol. The van der Waals surface area contributed by atoms with Gasteiger partial charge in [0.15, 0.2) is 6.29 Å². The summed E-state index contributed by atoms with van der Waals surface area (Å²) >= 11 is 0. The SMILES string of the molecule is O=Cc1ccc(OC(F)(F)F)cc1.O=Cc1ccccc1OC(F)(F)F. The van der Waals surface area contributed by atoms with E-state index in [1.54, 1.807) is 0 Å². The Morgan fingerprint density at radius 3 is 1.69 bits per heavy atom. The molecule has 10 heteroatoms. The summed E-state index contributed by atoms with van der Waals surface area (Å²) in [5.74, 6) is -0.817. The Balaban J connectivity index is 0.000000260. The second-order valence-corrected chi connectivity index (χ2v) is 4.44. The second kappa shape index (κ2) is 8.88. The fourth-order valence-corrected chi connectivity index (χ4v) is 1.54. The predicted molar refractivity (Wildman–Crippen MR) is 77.0 cm³/mol. The summed E-state index contributed by atoms with van der Waals surface area (Å²) in [5, 5.41) is 0. The molecule has 2 aromatic carbocycles. The summed E-state index contributed by atoms with van der Waals surface area (Å²) in [4.78, 5) is 20.4. The van der Waals surface area contributed by atoms with Gasteiger partial charge in [0.1, 0.15) is 17.8 Å². The van der Waals surface area contributed by atoms with Crippen molar-refractivity contribution in [3.63, 3.8) is 0 Å². The van der Waals surface area contributed by atoms with Crippen LogP contribution in [0.2, 0.25) is 0 Å². The van der Waals surface area contributed by atoms with Crippen LogP contribution in [0.25, 0.3) is 0 Å². The molecule has 4 nitrogen and oxygen atoms in total. The molecule has 2 aromatic rings. The summed E-state index contributed by atoms with van der Waals surface area (Å²) in [7, 11) is 0. The Labute approximate surface area is 142 Å². The highest BCUT2D eigenvalue weighted by atomic mass is 19.4. The molecule has 0 aliphatic carbocycles. The van der Waals surface area contributed by atoms with Gasteiger partial charge < -0.3 is 9.47 Å². The van der Waals surface area contributed by atoms with Crippen LogP contribution in [-0.4, -0.2) is 25.3 Å². The first kappa shape index (κ1) is 21.0. The number of carbonyl (C=O) groups is 2. The Morgan fingerprint density at radius 2 is 1.23 bits per heavy atom. The first-order valence-corrected chi connectivity index (χ1v) is 6.65. The van der Waals surface area contributed by atoms with Crippen molar-refractivity contribution >= 4 is 12.6 Å². The van der Waals surface area contributed by atoms with E-state index in [0.717, 1.165) is 18.2 Å². The molecule has 0 atom stereocenters. The zero-order chi connectivity index (χ0) is 19.8. The zero-order valence-corrected chi connectivity index (χ0v) is 12.7. The first-order chi connectivity index (χ1) is 12.0. The molecule has 0 aliphatic heterocycles. The largest absolute Gasteiger partial charge is 0.573 e. The molecule has 0 amide bonds. The summed E-state index contributed by atoms with van der Waals surface area (Å²) in [6, 6.07) is 9.78. The van der Waals surface area contributed by atoms with Crippen LogP contribution in [0.5, 0.6) is 11.5 Å². The average Bonchev–Trinajstić information content (AvgIpc) is 2.54. The summed E-state index contributed by atoms with van der Waals surface area (Å²) in [6.45, 7) is 0. The van der Waals surface area contributed by atoms with E-state index in [2.05, 4.69) is 9.47 Å². The normalized spacial score (nSPS) is 11.0. The third kappa shape index (κ3) is 8.18. The minimum Gasteiger partial charge on any atom is -0.406 e. The smallest absolute Gasteiger partial charge is 0.406 e. The molecule has 0 unspecified atom stereocenters. The van der Waals surface area contributed by atoms with E-state index in [1.807, 2.05) is 0 Å². The van der Waals surface area contributed by atoms with E-state index in [9.17, 15) is 35.9 Å². The zero-order valence-electron chi connectivity index (χ0n) is 12.7. The molecule has 0 spiro atoms. The maximum Gasteiger partial charge on any atom is 0.573 e. The van der Waals surface area contributed by atoms with Gasteiger partial charge in [0.05, 0.1) is 5.56 Å². The molecule has 0 fully saturated rings. The lowest BCUT2D eigenvalue weighted by molar-refractivity contribution is -0.275. The van der Waals surface area contributed by atoms with Gasteiger partial charge in [-0.25, -0.2) is 0 Å². The topological polar surface area (TPSA) is 52.6 Å². The van der Waals surface area contributed by atoms with E-state index in [0.29, 0.717) is 18.1 Å². The van der Waals surface area contributed by atoms with Crippen molar-refractivity contribution < 1.29 is 45.4 Å². The van der Waals surface area contributed by atoms with Crippen molar-refractivity contribution in [1.82, 2.24) is 0 Å². The Hall–Kier alpha value is -3.04. The van der Waals surface area contributed by atoms with Crippen LogP contribution < -0.4 is 9.47 Å². The Kier molecular flexibility index (Phi) is 7.17.